The first-order chi connectivity index (χ1) is 8.49. The number of hydrogen-bond donors (Lipinski definition) is 3. The monoisotopic (exact) mass is 245 g/mol. The molecule has 0 aromatic heterocycles. The predicted molar refractivity (Wildman–Crippen MR) is 62.8 cm³/mol. The Kier molecular flexibility index (Phi) is 1.98. The number of benzene rings is 1. The van der Waals surface area contributed by atoms with Crippen LogP contribution in [0.25, 0.3) is 0 Å². The van der Waals surface area contributed by atoms with E-state index in [1.807, 2.05) is 0 Å². The molecule has 1 unspecified atom stereocenters. The minimum Gasteiger partial charge on any atom is -0.326 e. The molecule has 1 aromatic carbocycles. The van der Waals surface area contributed by atoms with Crippen LogP contribution in [0.5, 0.6) is 0 Å². The number of amides is 4. The first-order valence-corrected chi connectivity index (χ1v) is 5.56. The van der Waals surface area contributed by atoms with Crippen molar-refractivity contribution in [1.29, 1.82) is 0 Å². The summed E-state index contributed by atoms with van der Waals surface area (Å²) in [5, 5.41) is 7.53. The van der Waals surface area contributed by atoms with Gasteiger partial charge in [-0.05, 0) is 24.1 Å². The molecule has 6 nitrogen and oxygen atoms in total. The van der Waals surface area contributed by atoms with Gasteiger partial charge >= 0.3 is 6.03 Å². The molecule has 1 atom stereocenters. The van der Waals surface area contributed by atoms with E-state index in [1.54, 1.807) is 25.1 Å². The zero-order valence-corrected chi connectivity index (χ0v) is 9.66. The molecule has 4 amide bonds. The molecule has 0 aliphatic carbocycles. The van der Waals surface area contributed by atoms with Gasteiger partial charge in [0.15, 0.2) is 0 Å². The second-order valence-electron chi connectivity index (χ2n) is 4.63. The largest absolute Gasteiger partial charge is 0.326 e. The summed E-state index contributed by atoms with van der Waals surface area (Å²) in [6, 6.07) is 4.75. The fraction of sp³-hybridized carbons (Fsp3) is 0.250. The molecule has 6 heteroatoms. The van der Waals surface area contributed by atoms with Crippen LogP contribution < -0.4 is 16.0 Å². The van der Waals surface area contributed by atoms with E-state index in [1.165, 1.54) is 0 Å². The lowest BCUT2D eigenvalue weighted by atomic mass is 9.90. The fourth-order valence-corrected chi connectivity index (χ4v) is 2.29. The molecule has 1 saturated heterocycles. The van der Waals surface area contributed by atoms with Crippen LogP contribution in [0.3, 0.4) is 0 Å². The van der Waals surface area contributed by atoms with Gasteiger partial charge in [-0.15, -0.1) is 0 Å². The highest BCUT2D eigenvalue weighted by molar-refractivity contribution is 6.07. The number of imide groups is 1. The first kappa shape index (κ1) is 10.8. The van der Waals surface area contributed by atoms with Crippen molar-refractivity contribution < 1.29 is 14.4 Å². The molecule has 2 aliphatic heterocycles. The lowest BCUT2D eigenvalue weighted by Gasteiger charge is -2.21. The molecule has 2 aliphatic rings. The third-order valence-corrected chi connectivity index (χ3v) is 3.35. The van der Waals surface area contributed by atoms with Crippen LogP contribution in [0, 0.1) is 0 Å². The maximum Gasteiger partial charge on any atom is 0.322 e. The minimum absolute atomic E-state index is 0.0628. The van der Waals surface area contributed by atoms with Crippen molar-refractivity contribution in [3.8, 4) is 0 Å². The van der Waals surface area contributed by atoms with Gasteiger partial charge in [-0.25, -0.2) is 4.79 Å². The van der Waals surface area contributed by atoms with Gasteiger partial charge in [0.05, 0.1) is 6.42 Å². The fourth-order valence-electron chi connectivity index (χ4n) is 2.29. The van der Waals surface area contributed by atoms with E-state index in [2.05, 4.69) is 16.0 Å². The lowest BCUT2D eigenvalue weighted by molar-refractivity contribution is -0.123. The maximum atomic E-state index is 11.8. The van der Waals surface area contributed by atoms with Crippen LogP contribution in [-0.2, 0) is 21.5 Å². The smallest absolute Gasteiger partial charge is 0.322 e. The molecule has 1 aromatic rings. The molecule has 3 N–H and O–H groups in total. The average Bonchev–Trinajstić information content (AvgIpc) is 2.78. The Balaban J connectivity index is 2.04. The van der Waals surface area contributed by atoms with Gasteiger partial charge in [0.25, 0.3) is 5.91 Å². The summed E-state index contributed by atoms with van der Waals surface area (Å²) in [5.41, 5.74) is 1.20. The van der Waals surface area contributed by atoms with E-state index < -0.39 is 11.6 Å². The number of fused-ring (bicyclic) bond motifs is 1. The van der Waals surface area contributed by atoms with Crippen molar-refractivity contribution >= 4 is 23.5 Å². The molecule has 2 heterocycles. The van der Waals surface area contributed by atoms with Gasteiger partial charge in [-0.2, -0.15) is 0 Å². The van der Waals surface area contributed by atoms with E-state index in [9.17, 15) is 14.4 Å². The van der Waals surface area contributed by atoms with Gasteiger partial charge in [-0.3, -0.25) is 14.9 Å². The van der Waals surface area contributed by atoms with E-state index in [4.69, 9.17) is 0 Å². The minimum atomic E-state index is -1.07. The molecular formula is C12H11N3O3. The molecule has 0 bridgehead atoms. The highest BCUT2D eigenvalue weighted by Gasteiger charge is 2.43. The van der Waals surface area contributed by atoms with E-state index in [0.29, 0.717) is 12.0 Å². The number of carbonyl (C=O) groups excluding carboxylic acids is 3. The summed E-state index contributed by atoms with van der Waals surface area (Å²) >= 11 is 0. The standard InChI is InChI=1S/C12H11N3O3/c1-12(10(17)14-11(18)15-12)7-2-3-8-6(4-7)5-9(16)13-8/h2-4H,5H2,1H3,(H,13,16)(H2,14,15,17,18). The van der Waals surface area contributed by atoms with Gasteiger partial charge in [0, 0.05) is 5.69 Å². The van der Waals surface area contributed by atoms with Crippen molar-refractivity contribution in [1.82, 2.24) is 10.6 Å². The van der Waals surface area contributed by atoms with Crippen LogP contribution in [-0.4, -0.2) is 17.8 Å². The van der Waals surface area contributed by atoms with E-state index in [-0.39, 0.29) is 11.8 Å². The van der Waals surface area contributed by atoms with Crippen LogP contribution in [0.4, 0.5) is 10.5 Å². The Morgan fingerprint density at radius 1 is 1.17 bits per heavy atom. The lowest BCUT2D eigenvalue weighted by Crippen LogP contribution is -2.40. The highest BCUT2D eigenvalue weighted by atomic mass is 16.2. The van der Waals surface area contributed by atoms with Crippen molar-refractivity contribution in [2.75, 3.05) is 5.32 Å². The Bertz CT molecular complexity index is 596. The highest BCUT2D eigenvalue weighted by Crippen LogP contribution is 2.30. The normalized spacial score (nSPS) is 25.5. The van der Waals surface area contributed by atoms with Crippen LogP contribution in [0.1, 0.15) is 18.1 Å². The second kappa shape index (κ2) is 3.32. The molecule has 0 radical (unpaired) electrons. The zero-order chi connectivity index (χ0) is 12.9. The quantitative estimate of drug-likeness (QED) is 0.619. The number of anilines is 1. The van der Waals surface area contributed by atoms with Crippen molar-refractivity contribution in [3.63, 3.8) is 0 Å². The molecule has 92 valence electrons. The van der Waals surface area contributed by atoms with E-state index >= 15 is 0 Å². The van der Waals surface area contributed by atoms with Gasteiger partial charge < -0.3 is 10.6 Å². The Morgan fingerprint density at radius 3 is 2.61 bits per heavy atom. The number of urea groups is 1. The Labute approximate surface area is 103 Å². The maximum absolute atomic E-state index is 11.8. The molecule has 18 heavy (non-hydrogen) atoms. The summed E-state index contributed by atoms with van der Waals surface area (Å²) in [6.07, 6.45) is 0.300. The molecule has 0 spiro atoms. The third-order valence-electron chi connectivity index (χ3n) is 3.35. The first-order valence-electron chi connectivity index (χ1n) is 5.56. The summed E-state index contributed by atoms with van der Waals surface area (Å²) < 4.78 is 0. The van der Waals surface area contributed by atoms with Gasteiger partial charge in [0.2, 0.25) is 5.91 Å². The average molecular weight is 245 g/mol. The van der Waals surface area contributed by atoms with Crippen molar-refractivity contribution in [2.45, 2.75) is 18.9 Å². The number of rotatable bonds is 1. The van der Waals surface area contributed by atoms with Crippen molar-refractivity contribution in [2.24, 2.45) is 0 Å². The van der Waals surface area contributed by atoms with Crippen LogP contribution in [0.2, 0.25) is 0 Å². The molecule has 3 rings (SSSR count). The summed E-state index contributed by atoms with van der Waals surface area (Å²) in [5.74, 6) is -0.447. The topological polar surface area (TPSA) is 87.3 Å². The molecule has 0 saturated carbocycles. The number of carbonyl (C=O) groups is 3. The van der Waals surface area contributed by atoms with Gasteiger partial charge in [-0.1, -0.05) is 12.1 Å². The zero-order valence-electron chi connectivity index (χ0n) is 9.66. The number of hydrogen-bond acceptors (Lipinski definition) is 3. The summed E-state index contributed by atoms with van der Waals surface area (Å²) in [6.45, 7) is 1.64. The van der Waals surface area contributed by atoms with Crippen LogP contribution >= 0.6 is 0 Å². The second-order valence-corrected chi connectivity index (χ2v) is 4.63. The molecular weight excluding hydrogens is 234 g/mol. The van der Waals surface area contributed by atoms with Crippen molar-refractivity contribution in [3.05, 3.63) is 29.3 Å². The Morgan fingerprint density at radius 2 is 1.94 bits per heavy atom. The van der Waals surface area contributed by atoms with Crippen LogP contribution in [0.15, 0.2) is 18.2 Å². The van der Waals surface area contributed by atoms with Gasteiger partial charge in [0.1, 0.15) is 5.54 Å². The predicted octanol–water partition coefficient (Wildman–Crippen LogP) is 0.236. The summed E-state index contributed by atoms with van der Waals surface area (Å²) in [4.78, 5) is 34.3. The molecule has 1 fully saturated rings. The Hall–Kier alpha value is -2.37. The number of nitrogens with one attached hydrogen (secondary N) is 3. The third kappa shape index (κ3) is 1.38. The SMILES string of the molecule is CC1(c2ccc3c(c2)CC(=O)N3)NC(=O)NC1=O. The van der Waals surface area contributed by atoms with E-state index in [0.717, 1.165) is 11.3 Å². The summed E-state index contributed by atoms with van der Waals surface area (Å²) in [7, 11) is 0.